The fourth-order valence-electron chi connectivity index (χ4n) is 5.11. The molecule has 3 aromatic heterocycles. The Morgan fingerprint density at radius 1 is 0.913 bits per heavy atom. The van der Waals surface area contributed by atoms with Gasteiger partial charge in [-0.05, 0) is 68.0 Å². The first-order chi connectivity index (χ1) is 22.2. The molecule has 0 fully saturated rings. The summed E-state index contributed by atoms with van der Waals surface area (Å²) in [5, 5.41) is 9.94. The highest BCUT2D eigenvalue weighted by Crippen LogP contribution is 2.35. The summed E-state index contributed by atoms with van der Waals surface area (Å²) < 4.78 is 14.7. The standard InChI is InChI=1S/C35H39FN8.C2H6/c1-7-8-22(2)41-29-15-26(18-38-19-29)24-9-10-32(37-4)30(16-24)23(3)35-42-33-21-39-20-31(34(33)43-35)25-13-27(36)17-28(14-25)40-11-12-44(5)6;1-2/h9-10,13-21,37,40-41H,2-3,7-8,11-12H2,1,4-6H3,(H,42,43);1-2H3. The summed E-state index contributed by atoms with van der Waals surface area (Å²) in [7, 11) is 5.89. The van der Waals surface area contributed by atoms with Crippen molar-refractivity contribution in [3.63, 3.8) is 0 Å². The number of likely N-dealkylation sites (N-methyl/N-ethyl adjacent to an activating group) is 1. The van der Waals surface area contributed by atoms with Gasteiger partial charge in [0.25, 0.3) is 0 Å². The number of hydrogen-bond donors (Lipinski definition) is 4. The number of nitrogens with one attached hydrogen (secondary N) is 4. The molecule has 5 rings (SSSR count). The van der Waals surface area contributed by atoms with Crippen LogP contribution in [0.4, 0.5) is 21.5 Å². The number of aromatic nitrogens is 4. The molecule has 0 spiro atoms. The van der Waals surface area contributed by atoms with Crippen molar-refractivity contribution in [1.29, 1.82) is 0 Å². The molecule has 240 valence electrons. The Labute approximate surface area is 271 Å². The van der Waals surface area contributed by atoms with Crippen LogP contribution in [0.15, 0.2) is 86.1 Å². The van der Waals surface area contributed by atoms with E-state index in [-0.39, 0.29) is 5.82 Å². The van der Waals surface area contributed by atoms with Crippen molar-refractivity contribution >= 4 is 33.7 Å². The van der Waals surface area contributed by atoms with E-state index < -0.39 is 0 Å². The predicted molar refractivity (Wildman–Crippen MR) is 193 cm³/mol. The Balaban J connectivity index is 0.00000235. The van der Waals surface area contributed by atoms with Gasteiger partial charge < -0.3 is 25.8 Å². The van der Waals surface area contributed by atoms with Crippen molar-refractivity contribution in [3.05, 3.63) is 103 Å². The molecule has 4 N–H and O–H groups in total. The lowest BCUT2D eigenvalue weighted by atomic mass is 9.98. The molecule has 0 radical (unpaired) electrons. The average Bonchev–Trinajstić information content (AvgIpc) is 3.50. The number of imidazole rings is 1. The number of rotatable bonds is 13. The second-order valence-corrected chi connectivity index (χ2v) is 11.1. The van der Waals surface area contributed by atoms with E-state index in [1.807, 2.05) is 53.3 Å². The quantitative estimate of drug-likeness (QED) is 0.105. The van der Waals surface area contributed by atoms with Crippen molar-refractivity contribution in [2.45, 2.75) is 33.6 Å². The van der Waals surface area contributed by atoms with Crippen LogP contribution in [-0.2, 0) is 0 Å². The maximum Gasteiger partial charge on any atom is 0.138 e. The topological polar surface area (TPSA) is 93.8 Å². The number of aromatic amines is 1. The Kier molecular flexibility index (Phi) is 11.6. The van der Waals surface area contributed by atoms with Gasteiger partial charge >= 0.3 is 0 Å². The fraction of sp³-hybridized carbons (Fsp3) is 0.270. The Morgan fingerprint density at radius 3 is 2.41 bits per heavy atom. The van der Waals surface area contributed by atoms with Crippen LogP contribution in [0, 0.1) is 5.82 Å². The molecule has 0 atom stereocenters. The molecule has 8 nitrogen and oxygen atoms in total. The largest absolute Gasteiger partial charge is 0.388 e. The number of hydrogen-bond acceptors (Lipinski definition) is 7. The highest BCUT2D eigenvalue weighted by molar-refractivity contribution is 5.95. The van der Waals surface area contributed by atoms with Gasteiger partial charge in [0.05, 0.1) is 29.1 Å². The van der Waals surface area contributed by atoms with Gasteiger partial charge in [-0.15, -0.1) is 0 Å². The molecule has 2 aromatic carbocycles. The summed E-state index contributed by atoms with van der Waals surface area (Å²) in [6.45, 7) is 16.2. The predicted octanol–water partition coefficient (Wildman–Crippen LogP) is 8.65. The van der Waals surface area contributed by atoms with Crippen LogP contribution in [-0.4, -0.2) is 59.1 Å². The summed E-state index contributed by atoms with van der Waals surface area (Å²) in [5.74, 6) is 0.277. The van der Waals surface area contributed by atoms with Crippen molar-refractivity contribution in [3.8, 4) is 22.3 Å². The first-order valence-corrected chi connectivity index (χ1v) is 15.7. The van der Waals surface area contributed by atoms with Gasteiger partial charge in [0.2, 0.25) is 0 Å². The first kappa shape index (κ1) is 33.9. The maximum absolute atomic E-state index is 14.7. The zero-order valence-corrected chi connectivity index (χ0v) is 27.8. The third-order valence-electron chi connectivity index (χ3n) is 7.34. The summed E-state index contributed by atoms with van der Waals surface area (Å²) in [6.07, 6.45) is 9.01. The fourth-order valence-corrected chi connectivity index (χ4v) is 5.11. The van der Waals surface area contributed by atoms with E-state index in [1.54, 1.807) is 18.6 Å². The first-order valence-electron chi connectivity index (χ1n) is 15.7. The monoisotopic (exact) mass is 620 g/mol. The molecule has 0 unspecified atom stereocenters. The minimum Gasteiger partial charge on any atom is -0.388 e. The number of H-pyrrole nitrogens is 1. The van der Waals surface area contributed by atoms with Crippen LogP contribution in [0.1, 0.15) is 45.0 Å². The summed E-state index contributed by atoms with van der Waals surface area (Å²) in [4.78, 5) is 19.3. The van der Waals surface area contributed by atoms with Gasteiger partial charge in [-0.1, -0.05) is 46.4 Å². The van der Waals surface area contributed by atoms with Crippen LogP contribution in [0.3, 0.4) is 0 Å². The number of fused-ring (bicyclic) bond motifs is 1. The molecule has 3 heterocycles. The zero-order chi connectivity index (χ0) is 33.2. The lowest BCUT2D eigenvalue weighted by Gasteiger charge is -2.14. The SMILES string of the molecule is C=C(CCC)Nc1cncc(-c2ccc(NC)c(C(=C)c3nc4c(-c5cc(F)cc(NCCN(C)C)c5)cncc4[nH]3)c2)c1.CC. The summed E-state index contributed by atoms with van der Waals surface area (Å²) >= 11 is 0. The molecule has 0 bridgehead atoms. The number of anilines is 3. The molecule has 5 aromatic rings. The number of pyridine rings is 2. The van der Waals surface area contributed by atoms with E-state index >= 15 is 0 Å². The van der Waals surface area contributed by atoms with Crippen molar-refractivity contribution < 1.29 is 4.39 Å². The number of halogens is 1. The van der Waals surface area contributed by atoms with Gasteiger partial charge in [0.1, 0.15) is 11.6 Å². The zero-order valence-electron chi connectivity index (χ0n) is 27.8. The molecule has 9 heteroatoms. The summed E-state index contributed by atoms with van der Waals surface area (Å²) in [6, 6.07) is 13.2. The van der Waals surface area contributed by atoms with Crippen LogP contribution in [0.25, 0.3) is 38.9 Å². The van der Waals surface area contributed by atoms with E-state index in [0.717, 1.165) is 64.2 Å². The van der Waals surface area contributed by atoms with Crippen LogP contribution in [0.2, 0.25) is 0 Å². The lowest BCUT2D eigenvalue weighted by molar-refractivity contribution is 0.425. The lowest BCUT2D eigenvalue weighted by Crippen LogP contribution is -2.20. The van der Waals surface area contributed by atoms with Gasteiger partial charge in [-0.25, -0.2) is 9.37 Å². The van der Waals surface area contributed by atoms with Gasteiger partial charge in [0, 0.05) is 71.9 Å². The van der Waals surface area contributed by atoms with Crippen molar-refractivity contribution in [2.75, 3.05) is 50.2 Å². The number of benzene rings is 2. The minimum atomic E-state index is -0.328. The Hall–Kier alpha value is -5.02. The number of allylic oxidation sites excluding steroid dienone is 1. The Bertz CT molecular complexity index is 1810. The minimum absolute atomic E-state index is 0.328. The molecule has 0 saturated heterocycles. The van der Waals surface area contributed by atoms with E-state index in [1.165, 1.54) is 12.1 Å². The van der Waals surface area contributed by atoms with E-state index in [9.17, 15) is 4.39 Å². The van der Waals surface area contributed by atoms with Gasteiger partial charge in [0.15, 0.2) is 0 Å². The van der Waals surface area contributed by atoms with Gasteiger partial charge in [-0.2, -0.15) is 0 Å². The Morgan fingerprint density at radius 2 is 1.67 bits per heavy atom. The molecule has 0 aliphatic rings. The molecule has 0 amide bonds. The molecule has 0 aliphatic heterocycles. The second-order valence-electron chi connectivity index (χ2n) is 11.1. The average molecular weight is 621 g/mol. The highest BCUT2D eigenvalue weighted by Gasteiger charge is 2.17. The molecule has 46 heavy (non-hydrogen) atoms. The van der Waals surface area contributed by atoms with Crippen LogP contribution < -0.4 is 16.0 Å². The van der Waals surface area contributed by atoms with E-state index in [0.29, 0.717) is 34.7 Å². The molecule has 0 aliphatic carbocycles. The summed E-state index contributed by atoms with van der Waals surface area (Å²) in [5.41, 5.74) is 9.89. The third-order valence-corrected chi connectivity index (χ3v) is 7.34. The van der Waals surface area contributed by atoms with E-state index in [2.05, 4.69) is 74.1 Å². The van der Waals surface area contributed by atoms with Gasteiger partial charge in [-0.3, -0.25) is 9.97 Å². The maximum atomic E-state index is 14.7. The number of nitrogens with zero attached hydrogens (tertiary/aromatic N) is 4. The smallest absolute Gasteiger partial charge is 0.138 e. The second kappa shape index (κ2) is 15.8. The van der Waals surface area contributed by atoms with Crippen LogP contribution >= 0.6 is 0 Å². The molecular formula is C37H45FN8. The normalized spacial score (nSPS) is 10.8. The van der Waals surface area contributed by atoms with E-state index in [4.69, 9.17) is 4.98 Å². The van der Waals surface area contributed by atoms with Crippen molar-refractivity contribution in [1.82, 2.24) is 24.8 Å². The highest BCUT2D eigenvalue weighted by atomic mass is 19.1. The molecule has 0 saturated carbocycles. The third kappa shape index (κ3) is 8.17. The van der Waals surface area contributed by atoms with Crippen LogP contribution in [0.5, 0.6) is 0 Å². The van der Waals surface area contributed by atoms with Crippen molar-refractivity contribution in [2.24, 2.45) is 0 Å². The molecular weight excluding hydrogens is 575 g/mol.